The van der Waals surface area contributed by atoms with Crippen LogP contribution in [0.2, 0.25) is 0 Å². The topological polar surface area (TPSA) is 68.1 Å². The maximum absolute atomic E-state index is 5.21. The lowest BCUT2D eigenvalue weighted by Crippen LogP contribution is -2.20. The van der Waals surface area contributed by atoms with E-state index >= 15 is 0 Å². The van der Waals surface area contributed by atoms with Gasteiger partial charge in [-0.2, -0.15) is 9.97 Å². The number of anilines is 2. The molecule has 0 aliphatic rings. The molecule has 0 aliphatic heterocycles. The van der Waals surface area contributed by atoms with Crippen LogP contribution in [0.5, 0.6) is 5.75 Å². The first-order valence-corrected chi connectivity index (χ1v) is 8.86. The highest BCUT2D eigenvalue weighted by molar-refractivity contribution is 5.84. The van der Waals surface area contributed by atoms with Gasteiger partial charge in [0, 0.05) is 26.2 Å². The van der Waals surface area contributed by atoms with Crippen LogP contribution in [0.1, 0.15) is 32.4 Å². The first-order valence-electron chi connectivity index (χ1n) is 8.86. The van der Waals surface area contributed by atoms with Crippen molar-refractivity contribution in [3.8, 4) is 5.75 Å². The van der Waals surface area contributed by atoms with Crippen LogP contribution in [0.15, 0.2) is 30.6 Å². The summed E-state index contributed by atoms with van der Waals surface area (Å²) in [6.07, 6.45) is 1.83. The Morgan fingerprint density at radius 2 is 1.92 bits per heavy atom. The fraction of sp³-hybridized carbons (Fsp3) is 0.421. The Morgan fingerprint density at radius 1 is 1.19 bits per heavy atom. The Morgan fingerprint density at radius 3 is 2.54 bits per heavy atom. The minimum atomic E-state index is 0.282. The second kappa shape index (κ2) is 7.59. The van der Waals surface area contributed by atoms with Crippen LogP contribution in [0.3, 0.4) is 0 Å². The van der Waals surface area contributed by atoms with Crippen LogP contribution in [-0.4, -0.2) is 40.2 Å². The Hall–Kier alpha value is -2.83. The summed E-state index contributed by atoms with van der Waals surface area (Å²) in [4.78, 5) is 16.0. The molecule has 0 saturated carbocycles. The van der Waals surface area contributed by atoms with Gasteiger partial charge in [0.05, 0.1) is 13.4 Å². The van der Waals surface area contributed by atoms with Gasteiger partial charge in [0.2, 0.25) is 5.95 Å². The van der Waals surface area contributed by atoms with Crippen molar-refractivity contribution < 1.29 is 4.74 Å². The van der Waals surface area contributed by atoms with Crippen molar-refractivity contribution in [1.82, 2.24) is 19.5 Å². The average molecular weight is 354 g/mol. The van der Waals surface area contributed by atoms with Gasteiger partial charge in [0.25, 0.3) is 0 Å². The number of nitrogens with one attached hydrogen (secondary N) is 1. The van der Waals surface area contributed by atoms with Crippen LogP contribution >= 0.6 is 0 Å². The molecule has 0 aliphatic carbocycles. The van der Waals surface area contributed by atoms with Gasteiger partial charge in [-0.3, -0.25) is 0 Å². The summed E-state index contributed by atoms with van der Waals surface area (Å²) in [6, 6.07) is 8.27. The van der Waals surface area contributed by atoms with E-state index in [0.717, 1.165) is 34.8 Å². The lowest BCUT2D eigenvalue weighted by molar-refractivity contribution is 0.414. The van der Waals surface area contributed by atoms with Crippen molar-refractivity contribution in [1.29, 1.82) is 0 Å². The minimum Gasteiger partial charge on any atom is -0.497 e. The lowest BCUT2D eigenvalue weighted by Gasteiger charge is -2.17. The van der Waals surface area contributed by atoms with E-state index < -0.39 is 0 Å². The maximum atomic E-state index is 5.21. The number of nitrogens with zero attached hydrogens (tertiary/aromatic N) is 5. The number of ether oxygens (including phenoxy) is 1. The zero-order chi connectivity index (χ0) is 18.7. The Labute approximate surface area is 154 Å². The summed E-state index contributed by atoms with van der Waals surface area (Å²) >= 11 is 0. The summed E-state index contributed by atoms with van der Waals surface area (Å²) in [5.41, 5.74) is 2.79. The number of methoxy groups -OCH3 is 1. The van der Waals surface area contributed by atoms with Gasteiger partial charge < -0.3 is 19.5 Å². The van der Waals surface area contributed by atoms with Gasteiger partial charge in [-0.1, -0.05) is 12.1 Å². The van der Waals surface area contributed by atoms with Crippen molar-refractivity contribution in [2.45, 2.75) is 33.4 Å². The SMILES string of the molecule is CCN(C)c1nc(NCc2ccc(OC)cc2)c2ncn(C(C)C)c2n1. The van der Waals surface area contributed by atoms with Crippen molar-refractivity contribution in [3.05, 3.63) is 36.2 Å². The standard InChI is InChI=1S/C19H26N6O/c1-6-24(4)19-22-17(16-18(23-19)25(12-21-16)13(2)3)20-11-14-7-9-15(26-5)10-8-14/h7-10,12-13H,6,11H2,1-5H3,(H,20,22,23). The average Bonchev–Trinajstić information content (AvgIpc) is 3.10. The lowest BCUT2D eigenvalue weighted by atomic mass is 10.2. The van der Waals surface area contributed by atoms with E-state index in [1.54, 1.807) is 7.11 Å². The molecule has 0 unspecified atom stereocenters. The maximum Gasteiger partial charge on any atom is 0.229 e. The van der Waals surface area contributed by atoms with Gasteiger partial charge in [0.15, 0.2) is 17.0 Å². The van der Waals surface area contributed by atoms with Gasteiger partial charge in [-0.05, 0) is 38.5 Å². The molecule has 0 fully saturated rings. The molecule has 0 bridgehead atoms. The van der Waals surface area contributed by atoms with Crippen molar-refractivity contribution in [3.63, 3.8) is 0 Å². The van der Waals surface area contributed by atoms with E-state index in [9.17, 15) is 0 Å². The highest BCUT2D eigenvalue weighted by atomic mass is 16.5. The summed E-state index contributed by atoms with van der Waals surface area (Å²) < 4.78 is 7.28. The molecule has 2 aromatic heterocycles. The first kappa shape index (κ1) is 18.0. The first-order chi connectivity index (χ1) is 12.5. The number of hydrogen-bond donors (Lipinski definition) is 1. The molecule has 0 spiro atoms. The Bertz CT molecular complexity index is 872. The molecule has 0 amide bonds. The van der Waals surface area contributed by atoms with Gasteiger partial charge >= 0.3 is 0 Å². The predicted molar refractivity (Wildman–Crippen MR) is 105 cm³/mol. The summed E-state index contributed by atoms with van der Waals surface area (Å²) in [6.45, 7) is 7.81. The second-order valence-corrected chi connectivity index (χ2v) is 6.51. The summed E-state index contributed by atoms with van der Waals surface area (Å²) in [7, 11) is 3.66. The van der Waals surface area contributed by atoms with Gasteiger partial charge in [0.1, 0.15) is 5.75 Å². The van der Waals surface area contributed by atoms with E-state index in [-0.39, 0.29) is 6.04 Å². The van der Waals surface area contributed by atoms with Crippen LogP contribution in [0.25, 0.3) is 11.2 Å². The highest BCUT2D eigenvalue weighted by Crippen LogP contribution is 2.25. The number of aromatic nitrogens is 4. The van der Waals surface area contributed by atoms with E-state index in [0.29, 0.717) is 12.5 Å². The molecule has 2 heterocycles. The molecule has 7 heteroatoms. The normalized spacial score (nSPS) is 11.2. The molecule has 26 heavy (non-hydrogen) atoms. The van der Waals surface area contributed by atoms with Gasteiger partial charge in [-0.15, -0.1) is 0 Å². The van der Waals surface area contributed by atoms with Crippen LogP contribution in [0.4, 0.5) is 11.8 Å². The summed E-state index contributed by atoms with van der Waals surface area (Å²) in [5, 5.41) is 3.42. The molecule has 0 saturated heterocycles. The zero-order valence-electron chi connectivity index (χ0n) is 16.0. The third-order valence-corrected chi connectivity index (χ3v) is 4.40. The van der Waals surface area contributed by atoms with Crippen LogP contribution in [0, 0.1) is 0 Å². The highest BCUT2D eigenvalue weighted by Gasteiger charge is 2.16. The smallest absolute Gasteiger partial charge is 0.229 e. The monoisotopic (exact) mass is 354 g/mol. The third kappa shape index (κ3) is 3.56. The number of rotatable bonds is 7. The molecule has 7 nitrogen and oxygen atoms in total. The van der Waals surface area contributed by atoms with Gasteiger partial charge in [-0.25, -0.2) is 4.98 Å². The molecule has 3 aromatic rings. The fourth-order valence-corrected chi connectivity index (χ4v) is 2.65. The zero-order valence-corrected chi connectivity index (χ0v) is 16.0. The Kier molecular flexibility index (Phi) is 5.25. The number of hydrogen-bond acceptors (Lipinski definition) is 6. The molecule has 1 aromatic carbocycles. The molecule has 3 rings (SSSR count). The second-order valence-electron chi connectivity index (χ2n) is 6.51. The van der Waals surface area contributed by atoms with Crippen molar-refractivity contribution >= 4 is 22.9 Å². The molecular formula is C19H26N6O. The summed E-state index contributed by atoms with van der Waals surface area (Å²) in [5.74, 6) is 2.29. The molecule has 0 atom stereocenters. The van der Waals surface area contributed by atoms with Crippen LogP contribution in [-0.2, 0) is 6.54 Å². The fourth-order valence-electron chi connectivity index (χ4n) is 2.65. The number of imidazole rings is 1. The molecule has 138 valence electrons. The van der Waals surface area contributed by atoms with Crippen molar-refractivity contribution in [2.75, 3.05) is 30.9 Å². The quantitative estimate of drug-likeness (QED) is 0.700. The Balaban J connectivity index is 1.94. The van der Waals surface area contributed by atoms with Crippen LogP contribution < -0.4 is 15.0 Å². The van der Waals surface area contributed by atoms with E-state index in [2.05, 4.69) is 35.6 Å². The molecule has 1 N–H and O–H groups in total. The minimum absolute atomic E-state index is 0.282. The third-order valence-electron chi connectivity index (χ3n) is 4.40. The van der Waals surface area contributed by atoms with E-state index in [1.165, 1.54) is 0 Å². The molecule has 0 radical (unpaired) electrons. The largest absolute Gasteiger partial charge is 0.497 e. The number of benzene rings is 1. The predicted octanol–water partition coefficient (Wildman–Crippen LogP) is 3.48. The number of fused-ring (bicyclic) bond motifs is 1. The van der Waals surface area contributed by atoms with E-state index in [1.807, 2.05) is 42.5 Å². The molecular weight excluding hydrogens is 328 g/mol. The van der Waals surface area contributed by atoms with Crippen molar-refractivity contribution in [2.24, 2.45) is 0 Å². The van der Waals surface area contributed by atoms with E-state index in [4.69, 9.17) is 14.7 Å².